The zero-order chi connectivity index (χ0) is 15.4. The molecule has 0 unspecified atom stereocenters. The molecule has 0 aromatic heterocycles. The van der Waals surface area contributed by atoms with Gasteiger partial charge in [-0.05, 0) is 38.1 Å². The van der Waals surface area contributed by atoms with Crippen LogP contribution in [0.15, 0.2) is 42.5 Å². The monoisotopic (exact) mass is 286 g/mol. The Bertz CT molecular complexity index is 611. The van der Waals surface area contributed by atoms with Gasteiger partial charge >= 0.3 is 0 Å². The van der Waals surface area contributed by atoms with Crippen LogP contribution in [0.25, 0.3) is 0 Å². The fourth-order valence-corrected chi connectivity index (χ4v) is 2.13. The van der Waals surface area contributed by atoms with Gasteiger partial charge in [-0.2, -0.15) is 0 Å². The second-order valence-corrected chi connectivity index (χ2v) is 5.12. The van der Waals surface area contributed by atoms with Crippen molar-refractivity contribution in [3.8, 4) is 11.5 Å². The molecule has 0 saturated carbocycles. The number of benzene rings is 2. The lowest BCUT2D eigenvalue weighted by Gasteiger charge is -2.23. The normalized spacial score (nSPS) is 10.5. The SMILES string of the molecule is COc1ccccc1N(C)c1ccc(N)c(OC(C)C)c1. The third kappa shape index (κ3) is 3.40. The maximum atomic E-state index is 5.96. The Morgan fingerprint density at radius 2 is 1.76 bits per heavy atom. The van der Waals surface area contributed by atoms with Gasteiger partial charge in [0, 0.05) is 18.8 Å². The lowest BCUT2D eigenvalue weighted by Crippen LogP contribution is -2.12. The summed E-state index contributed by atoms with van der Waals surface area (Å²) in [5, 5.41) is 0. The van der Waals surface area contributed by atoms with Gasteiger partial charge in [0.1, 0.15) is 11.5 Å². The van der Waals surface area contributed by atoms with Gasteiger partial charge in [-0.1, -0.05) is 12.1 Å². The quantitative estimate of drug-likeness (QED) is 0.849. The molecule has 0 heterocycles. The molecule has 0 aliphatic heterocycles. The number of anilines is 3. The van der Waals surface area contributed by atoms with Crippen LogP contribution in [0, 0.1) is 0 Å². The Labute approximate surface area is 126 Å². The van der Waals surface area contributed by atoms with Crippen molar-refractivity contribution in [1.29, 1.82) is 0 Å². The van der Waals surface area contributed by atoms with Crippen molar-refractivity contribution >= 4 is 17.1 Å². The Morgan fingerprint density at radius 1 is 1.05 bits per heavy atom. The molecular formula is C17H22N2O2. The van der Waals surface area contributed by atoms with E-state index in [1.807, 2.05) is 68.3 Å². The van der Waals surface area contributed by atoms with Crippen LogP contribution < -0.4 is 20.1 Å². The van der Waals surface area contributed by atoms with E-state index in [0.29, 0.717) is 11.4 Å². The second-order valence-electron chi connectivity index (χ2n) is 5.12. The topological polar surface area (TPSA) is 47.7 Å². The van der Waals surface area contributed by atoms with Crippen molar-refractivity contribution in [3.05, 3.63) is 42.5 Å². The summed E-state index contributed by atoms with van der Waals surface area (Å²) in [4.78, 5) is 2.05. The second kappa shape index (κ2) is 6.39. The zero-order valence-electron chi connectivity index (χ0n) is 13.0. The number of nitrogens with zero attached hydrogens (tertiary/aromatic N) is 1. The number of nitrogens with two attached hydrogens (primary N) is 1. The highest BCUT2D eigenvalue weighted by molar-refractivity contribution is 5.72. The minimum absolute atomic E-state index is 0.0825. The molecule has 0 aliphatic rings. The Balaban J connectivity index is 2.37. The molecule has 2 aromatic carbocycles. The minimum Gasteiger partial charge on any atom is -0.495 e. The fourth-order valence-electron chi connectivity index (χ4n) is 2.13. The lowest BCUT2D eigenvalue weighted by molar-refractivity contribution is 0.244. The van der Waals surface area contributed by atoms with Crippen molar-refractivity contribution in [2.45, 2.75) is 20.0 Å². The predicted octanol–water partition coefficient (Wildman–Crippen LogP) is 3.83. The van der Waals surface area contributed by atoms with E-state index in [4.69, 9.17) is 15.2 Å². The van der Waals surface area contributed by atoms with Gasteiger partial charge in [-0.3, -0.25) is 0 Å². The number of para-hydroxylation sites is 2. The molecule has 21 heavy (non-hydrogen) atoms. The van der Waals surface area contributed by atoms with E-state index in [2.05, 4.69) is 0 Å². The van der Waals surface area contributed by atoms with Crippen LogP contribution in [0.2, 0.25) is 0 Å². The van der Waals surface area contributed by atoms with Crippen LogP contribution in [0.1, 0.15) is 13.8 Å². The van der Waals surface area contributed by atoms with E-state index in [-0.39, 0.29) is 6.10 Å². The maximum absolute atomic E-state index is 5.96. The average molecular weight is 286 g/mol. The first-order chi connectivity index (χ1) is 10.0. The summed E-state index contributed by atoms with van der Waals surface area (Å²) in [5.41, 5.74) is 8.58. The summed E-state index contributed by atoms with van der Waals surface area (Å²) < 4.78 is 11.2. The van der Waals surface area contributed by atoms with Crippen molar-refractivity contribution in [2.75, 3.05) is 24.8 Å². The van der Waals surface area contributed by atoms with Gasteiger partial charge in [0.05, 0.1) is 24.6 Å². The zero-order valence-corrected chi connectivity index (χ0v) is 13.0. The van der Waals surface area contributed by atoms with E-state index in [1.54, 1.807) is 7.11 Å². The molecule has 0 spiro atoms. The van der Waals surface area contributed by atoms with E-state index in [1.165, 1.54) is 0 Å². The molecule has 0 fully saturated rings. The molecule has 4 nitrogen and oxygen atoms in total. The first-order valence-electron chi connectivity index (χ1n) is 6.96. The third-order valence-corrected chi connectivity index (χ3v) is 3.19. The number of methoxy groups -OCH3 is 1. The van der Waals surface area contributed by atoms with E-state index >= 15 is 0 Å². The van der Waals surface area contributed by atoms with E-state index < -0.39 is 0 Å². The summed E-state index contributed by atoms with van der Waals surface area (Å²) in [7, 11) is 3.66. The van der Waals surface area contributed by atoms with Gasteiger partial charge in [0.2, 0.25) is 0 Å². The van der Waals surface area contributed by atoms with Gasteiger partial charge < -0.3 is 20.1 Å². The first-order valence-corrected chi connectivity index (χ1v) is 6.96. The Hall–Kier alpha value is -2.36. The van der Waals surface area contributed by atoms with Gasteiger partial charge in [0.25, 0.3) is 0 Å². The fraction of sp³-hybridized carbons (Fsp3) is 0.294. The lowest BCUT2D eigenvalue weighted by atomic mass is 10.2. The summed E-state index contributed by atoms with van der Waals surface area (Å²) >= 11 is 0. The van der Waals surface area contributed by atoms with E-state index in [0.717, 1.165) is 17.1 Å². The van der Waals surface area contributed by atoms with Crippen LogP contribution in [-0.2, 0) is 0 Å². The van der Waals surface area contributed by atoms with Gasteiger partial charge in [-0.25, -0.2) is 0 Å². The highest BCUT2D eigenvalue weighted by atomic mass is 16.5. The molecule has 112 valence electrons. The molecule has 2 rings (SSSR count). The van der Waals surface area contributed by atoms with Gasteiger partial charge in [-0.15, -0.1) is 0 Å². The molecule has 0 radical (unpaired) electrons. The van der Waals surface area contributed by atoms with Crippen LogP contribution in [0.4, 0.5) is 17.1 Å². The molecule has 0 bridgehead atoms. The third-order valence-electron chi connectivity index (χ3n) is 3.19. The number of hydrogen-bond donors (Lipinski definition) is 1. The summed E-state index contributed by atoms with van der Waals surface area (Å²) in [6.45, 7) is 3.96. The molecular weight excluding hydrogens is 264 g/mol. The standard InChI is InChI=1S/C17H22N2O2/c1-12(2)21-17-11-13(9-10-14(17)18)19(3)15-7-5-6-8-16(15)20-4/h5-12H,18H2,1-4H3. The predicted molar refractivity (Wildman–Crippen MR) is 87.7 cm³/mol. The van der Waals surface area contributed by atoms with Crippen molar-refractivity contribution in [1.82, 2.24) is 0 Å². The highest BCUT2D eigenvalue weighted by Crippen LogP contribution is 2.35. The first kappa shape index (κ1) is 15.0. The van der Waals surface area contributed by atoms with Gasteiger partial charge in [0.15, 0.2) is 0 Å². The van der Waals surface area contributed by atoms with Crippen molar-refractivity contribution in [2.24, 2.45) is 0 Å². The van der Waals surface area contributed by atoms with E-state index in [9.17, 15) is 0 Å². The summed E-state index contributed by atoms with van der Waals surface area (Å²) in [6.07, 6.45) is 0.0825. The molecule has 4 heteroatoms. The number of hydrogen-bond acceptors (Lipinski definition) is 4. The average Bonchev–Trinajstić information content (AvgIpc) is 2.48. The number of rotatable bonds is 5. The Kier molecular flexibility index (Phi) is 4.58. The van der Waals surface area contributed by atoms with Crippen molar-refractivity contribution < 1.29 is 9.47 Å². The molecule has 0 saturated heterocycles. The maximum Gasteiger partial charge on any atom is 0.144 e. The minimum atomic E-state index is 0.0825. The molecule has 0 amide bonds. The molecule has 2 aromatic rings. The summed E-state index contributed by atoms with van der Waals surface area (Å²) in [6, 6.07) is 13.7. The molecule has 0 atom stereocenters. The highest BCUT2D eigenvalue weighted by Gasteiger charge is 2.12. The number of ether oxygens (including phenoxy) is 2. The van der Waals surface area contributed by atoms with Crippen LogP contribution in [0.3, 0.4) is 0 Å². The Morgan fingerprint density at radius 3 is 2.43 bits per heavy atom. The van der Waals surface area contributed by atoms with Crippen LogP contribution in [-0.4, -0.2) is 20.3 Å². The molecule has 0 aliphatic carbocycles. The van der Waals surface area contributed by atoms with Crippen molar-refractivity contribution in [3.63, 3.8) is 0 Å². The van der Waals surface area contributed by atoms with Crippen LogP contribution >= 0.6 is 0 Å². The van der Waals surface area contributed by atoms with Crippen LogP contribution in [0.5, 0.6) is 11.5 Å². The number of nitrogen functional groups attached to an aromatic ring is 1. The summed E-state index contributed by atoms with van der Waals surface area (Å²) in [5.74, 6) is 1.52. The smallest absolute Gasteiger partial charge is 0.144 e. The molecule has 2 N–H and O–H groups in total. The largest absolute Gasteiger partial charge is 0.495 e.